The summed E-state index contributed by atoms with van der Waals surface area (Å²) >= 11 is 1.22. The van der Waals surface area contributed by atoms with Gasteiger partial charge in [0.2, 0.25) is 0 Å². The van der Waals surface area contributed by atoms with Crippen LogP contribution in [0.2, 0.25) is 0 Å². The van der Waals surface area contributed by atoms with Gasteiger partial charge in [-0.15, -0.1) is 0 Å². The van der Waals surface area contributed by atoms with Crippen molar-refractivity contribution in [2.75, 3.05) is 13.7 Å². The fourth-order valence-corrected chi connectivity index (χ4v) is 3.85. The van der Waals surface area contributed by atoms with Gasteiger partial charge >= 0.3 is 11.9 Å². The molecule has 0 spiro atoms. The van der Waals surface area contributed by atoms with Gasteiger partial charge in [-0.3, -0.25) is 9.59 Å². The highest BCUT2D eigenvalue weighted by molar-refractivity contribution is 7.16. The normalized spacial score (nSPS) is 11.4. The molecule has 0 aliphatic carbocycles. The largest absolute Gasteiger partial charge is 0.468 e. The fraction of sp³-hybridized carbons (Fsp3) is 0.238. The molecule has 0 aliphatic heterocycles. The second kappa shape index (κ2) is 9.29. The lowest BCUT2D eigenvalue weighted by atomic mass is 10.1. The monoisotopic (exact) mass is 412 g/mol. The van der Waals surface area contributed by atoms with Crippen LogP contribution in [-0.2, 0) is 32.0 Å². The van der Waals surface area contributed by atoms with Gasteiger partial charge in [-0.1, -0.05) is 41.7 Å². The Balaban J connectivity index is 2.03. The topological polar surface area (TPSA) is 87.0 Å². The highest BCUT2D eigenvalue weighted by Crippen LogP contribution is 2.20. The van der Waals surface area contributed by atoms with Gasteiger partial charge in [0.05, 0.1) is 35.9 Å². The minimum absolute atomic E-state index is 0.0906. The molecule has 0 aliphatic rings. The fourth-order valence-electron chi connectivity index (χ4n) is 2.76. The summed E-state index contributed by atoms with van der Waals surface area (Å²) in [6, 6.07) is 14.3. The van der Waals surface area contributed by atoms with E-state index in [1.807, 2.05) is 30.3 Å². The number of hydrogen-bond donors (Lipinski definition) is 0. The molecule has 0 saturated carbocycles. The number of amides is 1. The highest BCUT2D eigenvalue weighted by Gasteiger charge is 2.15. The third-order valence-electron chi connectivity index (χ3n) is 4.13. The van der Waals surface area contributed by atoms with Crippen molar-refractivity contribution >= 4 is 39.4 Å². The smallest absolute Gasteiger partial charge is 0.338 e. The number of esters is 2. The Morgan fingerprint density at radius 3 is 2.55 bits per heavy atom. The molecule has 0 bridgehead atoms. The van der Waals surface area contributed by atoms with Gasteiger partial charge in [-0.2, -0.15) is 4.99 Å². The summed E-state index contributed by atoms with van der Waals surface area (Å²) in [6.45, 7) is 1.92. The quantitative estimate of drug-likeness (QED) is 0.581. The van der Waals surface area contributed by atoms with Crippen LogP contribution in [0.25, 0.3) is 10.2 Å². The molecular weight excluding hydrogens is 392 g/mol. The number of fused-ring (bicyclic) bond motifs is 1. The van der Waals surface area contributed by atoms with Crippen LogP contribution in [0.15, 0.2) is 53.5 Å². The first-order valence-electron chi connectivity index (χ1n) is 9.00. The van der Waals surface area contributed by atoms with Gasteiger partial charge in [0.1, 0.15) is 6.54 Å². The summed E-state index contributed by atoms with van der Waals surface area (Å²) in [5.74, 6) is -1.22. The van der Waals surface area contributed by atoms with E-state index in [1.54, 1.807) is 29.7 Å². The van der Waals surface area contributed by atoms with Gasteiger partial charge in [0.25, 0.3) is 5.91 Å². The number of thiazole rings is 1. The Bertz CT molecular complexity index is 1120. The van der Waals surface area contributed by atoms with Crippen LogP contribution in [0.1, 0.15) is 22.8 Å². The van der Waals surface area contributed by atoms with Crippen molar-refractivity contribution in [1.82, 2.24) is 4.57 Å². The number of carbonyl (C=O) groups excluding carboxylic acids is 3. The lowest BCUT2D eigenvalue weighted by Gasteiger charge is -2.05. The van der Waals surface area contributed by atoms with Crippen molar-refractivity contribution in [1.29, 1.82) is 0 Å². The van der Waals surface area contributed by atoms with Crippen molar-refractivity contribution in [2.24, 2.45) is 4.99 Å². The summed E-state index contributed by atoms with van der Waals surface area (Å²) < 4.78 is 12.1. The van der Waals surface area contributed by atoms with E-state index in [2.05, 4.69) is 4.99 Å². The molecule has 7 nitrogen and oxygen atoms in total. The molecular formula is C21H20N2O5S. The second-order valence-corrected chi connectivity index (χ2v) is 7.13. The zero-order valence-electron chi connectivity index (χ0n) is 16.1. The van der Waals surface area contributed by atoms with Gasteiger partial charge < -0.3 is 14.0 Å². The summed E-state index contributed by atoms with van der Waals surface area (Å²) in [7, 11) is 1.30. The van der Waals surface area contributed by atoms with Crippen LogP contribution >= 0.6 is 11.3 Å². The number of nitrogens with zero attached hydrogens (tertiary/aromatic N) is 2. The van der Waals surface area contributed by atoms with Crippen LogP contribution in [0.4, 0.5) is 0 Å². The molecule has 2 aromatic carbocycles. The highest BCUT2D eigenvalue weighted by atomic mass is 32.1. The Morgan fingerprint density at radius 2 is 1.86 bits per heavy atom. The van der Waals surface area contributed by atoms with Gasteiger partial charge in [0, 0.05) is 0 Å². The molecule has 0 saturated heterocycles. The van der Waals surface area contributed by atoms with E-state index < -0.39 is 11.9 Å². The first kappa shape index (κ1) is 20.5. The number of hydrogen-bond acceptors (Lipinski definition) is 6. The van der Waals surface area contributed by atoms with Gasteiger partial charge in [0.15, 0.2) is 4.80 Å². The van der Waals surface area contributed by atoms with E-state index in [0.29, 0.717) is 20.6 Å². The Hall–Kier alpha value is -3.26. The molecule has 3 aromatic rings. The summed E-state index contributed by atoms with van der Waals surface area (Å²) in [5.41, 5.74) is 1.93. The van der Waals surface area contributed by atoms with Gasteiger partial charge in [-0.25, -0.2) is 4.79 Å². The maximum absolute atomic E-state index is 12.5. The van der Waals surface area contributed by atoms with Gasteiger partial charge in [-0.05, 0) is 30.7 Å². The molecule has 1 amide bonds. The average molecular weight is 412 g/mol. The molecule has 3 rings (SSSR count). The molecule has 0 N–H and O–H groups in total. The number of ether oxygens (including phenoxy) is 2. The molecule has 0 radical (unpaired) electrons. The third-order valence-corrected chi connectivity index (χ3v) is 5.17. The molecule has 8 heteroatoms. The molecule has 1 heterocycles. The first-order chi connectivity index (χ1) is 14.0. The number of benzene rings is 2. The molecule has 0 atom stereocenters. The van der Waals surface area contributed by atoms with E-state index in [9.17, 15) is 14.4 Å². The van der Waals surface area contributed by atoms with Crippen molar-refractivity contribution in [2.45, 2.75) is 19.9 Å². The summed E-state index contributed by atoms with van der Waals surface area (Å²) in [5, 5.41) is 0. The van der Waals surface area contributed by atoms with Crippen LogP contribution in [0.5, 0.6) is 0 Å². The van der Waals surface area contributed by atoms with Crippen LogP contribution in [0.3, 0.4) is 0 Å². The number of methoxy groups -OCH3 is 1. The van der Waals surface area contributed by atoms with E-state index in [1.165, 1.54) is 18.4 Å². The van der Waals surface area contributed by atoms with Crippen molar-refractivity contribution in [3.05, 3.63) is 64.5 Å². The molecule has 1 aromatic heterocycles. The zero-order chi connectivity index (χ0) is 20.8. The minimum atomic E-state index is -0.462. The standard InChI is InChI=1S/C21H20N2O5S/c1-3-28-20(26)15-9-10-16-17(12-15)29-21(23(16)13-19(25)27-2)22-18(24)11-14-7-5-4-6-8-14/h4-10,12H,3,11,13H2,1-2H3. The van der Waals surface area contributed by atoms with Crippen LogP contribution in [0, 0.1) is 0 Å². The van der Waals surface area contributed by atoms with E-state index in [0.717, 1.165) is 5.56 Å². The molecule has 150 valence electrons. The maximum Gasteiger partial charge on any atom is 0.338 e. The predicted octanol–water partition coefficient (Wildman–Crippen LogP) is 2.72. The number of carbonyl (C=O) groups is 3. The minimum Gasteiger partial charge on any atom is -0.468 e. The Labute approximate surface area is 171 Å². The Morgan fingerprint density at radius 1 is 1.10 bits per heavy atom. The summed E-state index contributed by atoms with van der Waals surface area (Å²) in [6.07, 6.45) is 0.154. The zero-order valence-corrected chi connectivity index (χ0v) is 16.9. The number of rotatable bonds is 6. The molecule has 0 fully saturated rings. The number of aromatic nitrogens is 1. The maximum atomic E-state index is 12.5. The van der Waals surface area contributed by atoms with Crippen molar-refractivity contribution < 1.29 is 23.9 Å². The first-order valence-corrected chi connectivity index (χ1v) is 9.82. The van der Waals surface area contributed by atoms with E-state index in [4.69, 9.17) is 9.47 Å². The Kier molecular flexibility index (Phi) is 6.56. The second-order valence-electron chi connectivity index (χ2n) is 6.12. The molecule has 29 heavy (non-hydrogen) atoms. The lowest BCUT2D eigenvalue weighted by molar-refractivity contribution is -0.141. The van der Waals surface area contributed by atoms with E-state index >= 15 is 0 Å². The average Bonchev–Trinajstić information content (AvgIpc) is 3.04. The summed E-state index contributed by atoms with van der Waals surface area (Å²) in [4.78, 5) is 40.9. The molecule has 0 unspecified atom stereocenters. The van der Waals surface area contributed by atoms with Crippen LogP contribution in [-0.4, -0.2) is 36.1 Å². The van der Waals surface area contributed by atoms with E-state index in [-0.39, 0.29) is 25.5 Å². The SMILES string of the molecule is CCOC(=O)c1ccc2c(c1)sc(=NC(=O)Cc1ccccc1)n2CC(=O)OC. The van der Waals surface area contributed by atoms with Crippen molar-refractivity contribution in [3.63, 3.8) is 0 Å². The van der Waals surface area contributed by atoms with Crippen molar-refractivity contribution in [3.8, 4) is 0 Å². The predicted molar refractivity (Wildman–Crippen MR) is 109 cm³/mol. The lowest BCUT2D eigenvalue weighted by Crippen LogP contribution is -2.22. The third kappa shape index (κ3) is 4.97. The van der Waals surface area contributed by atoms with Crippen LogP contribution < -0.4 is 4.80 Å².